The number of nitrogens with two attached hydrogens (primary N) is 1. The molecule has 0 bridgehead atoms. The van der Waals surface area contributed by atoms with Gasteiger partial charge in [-0.2, -0.15) is 0 Å². The van der Waals surface area contributed by atoms with Crippen LogP contribution < -0.4 is 11.1 Å². The van der Waals surface area contributed by atoms with Gasteiger partial charge in [-0.05, 0) is 25.7 Å². The zero-order valence-electron chi connectivity index (χ0n) is 7.84. The van der Waals surface area contributed by atoms with Crippen LogP contribution in [0.2, 0.25) is 0 Å². The fourth-order valence-electron chi connectivity index (χ4n) is 1.67. The quantitative estimate of drug-likeness (QED) is 0.639. The van der Waals surface area contributed by atoms with E-state index in [4.69, 9.17) is 5.73 Å². The zero-order valence-corrected chi connectivity index (χ0v) is 7.84. The summed E-state index contributed by atoms with van der Waals surface area (Å²) in [7, 11) is 0. The summed E-state index contributed by atoms with van der Waals surface area (Å²) in [5.41, 5.74) is 5.45. The van der Waals surface area contributed by atoms with Crippen LogP contribution in [0.15, 0.2) is 0 Å². The molecule has 3 nitrogen and oxygen atoms in total. The van der Waals surface area contributed by atoms with Crippen LogP contribution >= 0.6 is 0 Å². The summed E-state index contributed by atoms with van der Waals surface area (Å²) in [6.07, 6.45) is 3.56. The summed E-state index contributed by atoms with van der Waals surface area (Å²) in [4.78, 5) is 11.2. The predicted octanol–water partition coefficient (Wildman–Crippen LogP) is 0.638. The molecule has 0 aliphatic heterocycles. The normalized spacial score (nSPS) is 31.6. The van der Waals surface area contributed by atoms with Gasteiger partial charge in [0.25, 0.3) is 0 Å². The van der Waals surface area contributed by atoms with Crippen molar-refractivity contribution < 1.29 is 4.79 Å². The molecule has 1 amide bonds. The van der Waals surface area contributed by atoms with Crippen LogP contribution in [-0.4, -0.2) is 18.0 Å². The van der Waals surface area contributed by atoms with Crippen LogP contribution in [0, 0.1) is 5.92 Å². The SMILES string of the molecule is CC1CCCC1NC(=O)[C@H](C)N. The fourth-order valence-corrected chi connectivity index (χ4v) is 1.67. The molecule has 0 spiro atoms. The largest absolute Gasteiger partial charge is 0.352 e. The molecule has 3 N–H and O–H groups in total. The molecule has 1 aliphatic carbocycles. The minimum atomic E-state index is -0.377. The van der Waals surface area contributed by atoms with E-state index in [2.05, 4.69) is 12.2 Å². The molecular formula is C9H18N2O. The molecule has 0 saturated heterocycles. The highest BCUT2D eigenvalue weighted by Gasteiger charge is 2.25. The van der Waals surface area contributed by atoms with Gasteiger partial charge in [-0.15, -0.1) is 0 Å². The van der Waals surface area contributed by atoms with Crippen molar-refractivity contribution in [1.82, 2.24) is 5.32 Å². The molecule has 1 saturated carbocycles. The third kappa shape index (κ3) is 2.21. The zero-order chi connectivity index (χ0) is 9.14. The molecule has 70 valence electrons. The van der Waals surface area contributed by atoms with E-state index in [1.165, 1.54) is 12.8 Å². The summed E-state index contributed by atoms with van der Waals surface area (Å²) in [5.74, 6) is 0.599. The molecule has 0 radical (unpaired) electrons. The lowest BCUT2D eigenvalue weighted by Gasteiger charge is -2.18. The Morgan fingerprint density at radius 1 is 1.58 bits per heavy atom. The maximum absolute atomic E-state index is 11.2. The van der Waals surface area contributed by atoms with Crippen molar-refractivity contribution in [2.45, 2.75) is 45.2 Å². The van der Waals surface area contributed by atoms with Crippen molar-refractivity contribution in [1.29, 1.82) is 0 Å². The van der Waals surface area contributed by atoms with Gasteiger partial charge in [0, 0.05) is 6.04 Å². The Hall–Kier alpha value is -0.570. The predicted molar refractivity (Wildman–Crippen MR) is 48.6 cm³/mol. The molecule has 0 heterocycles. The smallest absolute Gasteiger partial charge is 0.236 e. The second kappa shape index (κ2) is 3.90. The molecule has 0 aromatic heterocycles. The third-order valence-electron chi connectivity index (χ3n) is 2.60. The second-order valence-corrected chi connectivity index (χ2v) is 3.81. The van der Waals surface area contributed by atoms with E-state index in [1.807, 2.05) is 0 Å². The lowest BCUT2D eigenvalue weighted by Crippen LogP contribution is -2.44. The molecule has 1 aliphatic rings. The fraction of sp³-hybridized carbons (Fsp3) is 0.889. The summed E-state index contributed by atoms with van der Waals surface area (Å²) in [6, 6.07) is -0.0127. The highest BCUT2D eigenvalue weighted by atomic mass is 16.2. The number of rotatable bonds is 2. The Morgan fingerprint density at radius 2 is 2.25 bits per heavy atom. The summed E-state index contributed by atoms with van der Waals surface area (Å²) < 4.78 is 0. The van der Waals surface area contributed by atoms with Crippen molar-refractivity contribution in [2.24, 2.45) is 11.7 Å². The summed E-state index contributed by atoms with van der Waals surface area (Å²) >= 11 is 0. The minimum Gasteiger partial charge on any atom is -0.352 e. The van der Waals surface area contributed by atoms with Crippen molar-refractivity contribution >= 4 is 5.91 Å². The molecule has 1 rings (SSSR count). The van der Waals surface area contributed by atoms with Gasteiger partial charge in [-0.1, -0.05) is 13.3 Å². The monoisotopic (exact) mass is 170 g/mol. The Morgan fingerprint density at radius 3 is 2.67 bits per heavy atom. The Balaban J connectivity index is 2.35. The van der Waals surface area contributed by atoms with Crippen LogP contribution in [0.5, 0.6) is 0 Å². The van der Waals surface area contributed by atoms with Crippen molar-refractivity contribution in [3.8, 4) is 0 Å². The topological polar surface area (TPSA) is 55.1 Å². The Kier molecular flexibility index (Phi) is 3.09. The molecule has 1 fully saturated rings. The molecule has 0 aromatic carbocycles. The van der Waals surface area contributed by atoms with Crippen LogP contribution in [0.4, 0.5) is 0 Å². The van der Waals surface area contributed by atoms with Crippen molar-refractivity contribution in [2.75, 3.05) is 0 Å². The number of carbonyl (C=O) groups excluding carboxylic acids is 1. The first-order chi connectivity index (χ1) is 5.61. The van der Waals surface area contributed by atoms with Crippen LogP contribution in [-0.2, 0) is 4.79 Å². The number of carbonyl (C=O) groups is 1. The first-order valence-electron chi connectivity index (χ1n) is 4.67. The summed E-state index contributed by atoms with van der Waals surface area (Å²) in [6.45, 7) is 3.90. The maximum Gasteiger partial charge on any atom is 0.236 e. The average molecular weight is 170 g/mol. The van der Waals surface area contributed by atoms with E-state index >= 15 is 0 Å². The average Bonchev–Trinajstić information content (AvgIpc) is 2.36. The Labute approximate surface area is 73.7 Å². The van der Waals surface area contributed by atoms with E-state index in [1.54, 1.807) is 6.92 Å². The van der Waals surface area contributed by atoms with Gasteiger partial charge < -0.3 is 11.1 Å². The molecule has 12 heavy (non-hydrogen) atoms. The van der Waals surface area contributed by atoms with Crippen molar-refractivity contribution in [3.05, 3.63) is 0 Å². The second-order valence-electron chi connectivity index (χ2n) is 3.81. The van der Waals surface area contributed by atoms with E-state index in [0.29, 0.717) is 12.0 Å². The molecule has 0 aromatic rings. The first-order valence-corrected chi connectivity index (χ1v) is 4.67. The van der Waals surface area contributed by atoms with E-state index in [0.717, 1.165) is 6.42 Å². The van der Waals surface area contributed by atoms with Gasteiger partial charge >= 0.3 is 0 Å². The van der Waals surface area contributed by atoms with Crippen molar-refractivity contribution in [3.63, 3.8) is 0 Å². The molecule has 3 atom stereocenters. The standard InChI is InChI=1S/C9H18N2O/c1-6-4-3-5-8(6)11-9(12)7(2)10/h6-8H,3-5,10H2,1-2H3,(H,11,12)/t6?,7-,8?/m0/s1. The number of amides is 1. The maximum atomic E-state index is 11.2. The third-order valence-corrected chi connectivity index (χ3v) is 2.60. The van der Waals surface area contributed by atoms with Crippen LogP contribution in [0.25, 0.3) is 0 Å². The van der Waals surface area contributed by atoms with Crippen LogP contribution in [0.3, 0.4) is 0 Å². The minimum absolute atomic E-state index is 0.0197. The van der Waals surface area contributed by atoms with Gasteiger partial charge in [-0.3, -0.25) is 4.79 Å². The number of hydrogen-bond donors (Lipinski definition) is 2. The summed E-state index contributed by atoms with van der Waals surface area (Å²) in [5, 5.41) is 2.96. The highest BCUT2D eigenvalue weighted by Crippen LogP contribution is 2.24. The van der Waals surface area contributed by atoms with Crippen LogP contribution in [0.1, 0.15) is 33.1 Å². The van der Waals surface area contributed by atoms with Gasteiger partial charge in [0.05, 0.1) is 6.04 Å². The van der Waals surface area contributed by atoms with E-state index in [-0.39, 0.29) is 11.9 Å². The molecular weight excluding hydrogens is 152 g/mol. The number of hydrogen-bond acceptors (Lipinski definition) is 2. The first kappa shape index (κ1) is 9.52. The highest BCUT2D eigenvalue weighted by molar-refractivity contribution is 5.81. The van der Waals surface area contributed by atoms with Gasteiger partial charge in [0.15, 0.2) is 0 Å². The molecule has 2 unspecified atom stereocenters. The van der Waals surface area contributed by atoms with Gasteiger partial charge in [-0.25, -0.2) is 0 Å². The Bertz CT molecular complexity index is 168. The lowest BCUT2D eigenvalue weighted by molar-refractivity contribution is -0.122. The lowest BCUT2D eigenvalue weighted by atomic mass is 10.1. The molecule has 3 heteroatoms. The van der Waals surface area contributed by atoms with Gasteiger partial charge in [0.1, 0.15) is 0 Å². The van der Waals surface area contributed by atoms with Gasteiger partial charge in [0.2, 0.25) is 5.91 Å². The van der Waals surface area contributed by atoms with E-state index in [9.17, 15) is 4.79 Å². The number of nitrogens with one attached hydrogen (secondary N) is 1. The van der Waals surface area contributed by atoms with E-state index < -0.39 is 0 Å².